The fourth-order valence-corrected chi connectivity index (χ4v) is 2.91. The Bertz CT molecular complexity index is 536. The third-order valence-electron chi connectivity index (χ3n) is 4.23. The van der Waals surface area contributed by atoms with Gasteiger partial charge >= 0.3 is 0 Å². The van der Waals surface area contributed by atoms with Gasteiger partial charge in [-0.25, -0.2) is 0 Å². The van der Waals surface area contributed by atoms with Crippen LogP contribution in [0.3, 0.4) is 0 Å². The molecular weight excluding hydrogens is 246 g/mol. The van der Waals surface area contributed by atoms with Crippen LogP contribution in [-0.2, 0) is 12.8 Å². The van der Waals surface area contributed by atoms with Crippen LogP contribution in [0, 0.1) is 0 Å². The molecule has 0 radical (unpaired) electrons. The van der Waals surface area contributed by atoms with Gasteiger partial charge in [0.25, 0.3) is 0 Å². The van der Waals surface area contributed by atoms with E-state index in [0.717, 1.165) is 25.9 Å². The molecule has 2 N–H and O–H groups in total. The Balaban J connectivity index is 1.66. The number of nitrogens with zero attached hydrogens (tertiary/aromatic N) is 1. The smallest absolute Gasteiger partial charge is 0.0656 e. The van der Waals surface area contributed by atoms with Crippen LogP contribution in [0.15, 0.2) is 30.3 Å². The highest BCUT2D eigenvalue weighted by Gasteiger charge is 2.17. The molecule has 3 rings (SSSR count). The van der Waals surface area contributed by atoms with Gasteiger partial charge in [0.1, 0.15) is 0 Å². The topological polar surface area (TPSA) is 40.7 Å². The Labute approximate surface area is 120 Å². The lowest BCUT2D eigenvalue weighted by Crippen LogP contribution is -2.26. The summed E-state index contributed by atoms with van der Waals surface area (Å²) in [5.74, 6) is 0.628. The molecule has 1 aromatic carbocycles. The quantitative estimate of drug-likeness (QED) is 0.895. The molecule has 2 aromatic rings. The Morgan fingerprint density at radius 3 is 2.50 bits per heavy atom. The number of piperidine rings is 1. The molecular formula is C17H23N3. The lowest BCUT2D eigenvalue weighted by molar-refractivity contribution is 0.453. The lowest BCUT2D eigenvalue weighted by atomic mass is 9.94. The Hall–Kier alpha value is -1.61. The first-order valence-electron chi connectivity index (χ1n) is 7.68. The third kappa shape index (κ3) is 3.10. The number of nitrogens with one attached hydrogen (secondary N) is 2. The first kappa shape index (κ1) is 13.4. The molecule has 0 amide bonds. The summed E-state index contributed by atoms with van der Waals surface area (Å²) in [5, 5.41) is 11.1. The Kier molecular flexibility index (Phi) is 4.16. The van der Waals surface area contributed by atoms with Crippen molar-refractivity contribution >= 4 is 0 Å². The van der Waals surface area contributed by atoms with E-state index in [1.807, 2.05) is 0 Å². The monoisotopic (exact) mass is 269 g/mol. The van der Waals surface area contributed by atoms with Gasteiger partial charge in [-0.05, 0) is 49.5 Å². The minimum atomic E-state index is 0.628. The molecule has 0 aliphatic carbocycles. The number of hydrogen-bond acceptors (Lipinski definition) is 2. The Morgan fingerprint density at radius 1 is 1.10 bits per heavy atom. The van der Waals surface area contributed by atoms with Gasteiger partial charge in [0.15, 0.2) is 0 Å². The standard InChI is InChI=1S/C17H23N3/c1-2-13-3-5-14(6-4-13)11-16-12-17(20-19-16)15-7-9-18-10-8-15/h3-6,12,15,18H,2,7-11H2,1H3,(H,19,20). The van der Waals surface area contributed by atoms with Crippen molar-refractivity contribution in [1.82, 2.24) is 15.5 Å². The Morgan fingerprint density at radius 2 is 1.80 bits per heavy atom. The van der Waals surface area contributed by atoms with Crippen molar-refractivity contribution in [3.63, 3.8) is 0 Å². The molecule has 1 aliphatic rings. The number of H-pyrrole nitrogens is 1. The highest BCUT2D eigenvalue weighted by Crippen LogP contribution is 2.24. The van der Waals surface area contributed by atoms with Gasteiger partial charge in [-0.1, -0.05) is 31.2 Å². The van der Waals surface area contributed by atoms with Gasteiger partial charge in [-0.15, -0.1) is 0 Å². The molecule has 3 nitrogen and oxygen atoms in total. The zero-order chi connectivity index (χ0) is 13.8. The molecule has 1 aromatic heterocycles. The van der Waals surface area contributed by atoms with E-state index in [9.17, 15) is 0 Å². The van der Waals surface area contributed by atoms with E-state index >= 15 is 0 Å². The van der Waals surface area contributed by atoms with E-state index in [4.69, 9.17) is 0 Å². The summed E-state index contributed by atoms with van der Waals surface area (Å²) < 4.78 is 0. The zero-order valence-electron chi connectivity index (χ0n) is 12.2. The molecule has 0 unspecified atom stereocenters. The summed E-state index contributed by atoms with van der Waals surface area (Å²) in [7, 11) is 0. The summed E-state index contributed by atoms with van der Waals surface area (Å²) in [6, 6.07) is 11.1. The van der Waals surface area contributed by atoms with E-state index in [1.165, 1.54) is 35.4 Å². The summed E-state index contributed by atoms with van der Waals surface area (Å²) in [6.45, 7) is 4.42. The molecule has 0 atom stereocenters. The van der Waals surface area contributed by atoms with E-state index < -0.39 is 0 Å². The highest BCUT2D eigenvalue weighted by molar-refractivity contribution is 5.27. The van der Waals surface area contributed by atoms with Gasteiger partial charge in [-0.3, -0.25) is 5.10 Å². The summed E-state index contributed by atoms with van der Waals surface area (Å²) in [4.78, 5) is 0. The van der Waals surface area contributed by atoms with Crippen LogP contribution in [0.4, 0.5) is 0 Å². The predicted octanol–water partition coefficient (Wildman–Crippen LogP) is 3.03. The highest BCUT2D eigenvalue weighted by atomic mass is 15.1. The van der Waals surface area contributed by atoms with E-state index in [-0.39, 0.29) is 0 Å². The number of benzene rings is 1. The van der Waals surface area contributed by atoms with Crippen molar-refractivity contribution in [2.75, 3.05) is 13.1 Å². The first-order chi connectivity index (χ1) is 9.85. The molecule has 0 bridgehead atoms. The average molecular weight is 269 g/mol. The normalized spacial score (nSPS) is 16.4. The van der Waals surface area contributed by atoms with E-state index in [1.54, 1.807) is 0 Å². The second-order valence-corrected chi connectivity index (χ2v) is 5.69. The van der Waals surface area contributed by atoms with Gasteiger partial charge in [-0.2, -0.15) is 5.10 Å². The fraction of sp³-hybridized carbons (Fsp3) is 0.471. The maximum absolute atomic E-state index is 4.52. The van der Waals surface area contributed by atoms with Crippen molar-refractivity contribution in [2.45, 2.75) is 38.5 Å². The summed E-state index contributed by atoms with van der Waals surface area (Å²) in [5.41, 5.74) is 5.21. The molecule has 3 heteroatoms. The van der Waals surface area contributed by atoms with Gasteiger partial charge in [0, 0.05) is 18.0 Å². The average Bonchev–Trinajstić information content (AvgIpc) is 2.97. The predicted molar refractivity (Wildman–Crippen MR) is 82.1 cm³/mol. The van der Waals surface area contributed by atoms with Crippen LogP contribution in [0.2, 0.25) is 0 Å². The van der Waals surface area contributed by atoms with Crippen molar-refractivity contribution in [3.8, 4) is 0 Å². The number of aromatic amines is 1. The molecule has 2 heterocycles. The number of hydrogen-bond donors (Lipinski definition) is 2. The minimum absolute atomic E-state index is 0.628. The molecule has 0 saturated carbocycles. The van der Waals surface area contributed by atoms with Crippen molar-refractivity contribution < 1.29 is 0 Å². The summed E-state index contributed by atoms with van der Waals surface area (Å²) >= 11 is 0. The molecule has 1 fully saturated rings. The molecule has 0 spiro atoms. The van der Waals surface area contributed by atoms with Crippen LogP contribution in [0.1, 0.15) is 48.2 Å². The zero-order valence-corrected chi connectivity index (χ0v) is 12.2. The maximum atomic E-state index is 4.52. The van der Waals surface area contributed by atoms with Crippen molar-refractivity contribution in [2.24, 2.45) is 0 Å². The van der Waals surface area contributed by atoms with Crippen LogP contribution >= 0.6 is 0 Å². The number of aromatic nitrogens is 2. The molecule has 1 aliphatic heterocycles. The van der Waals surface area contributed by atoms with Crippen LogP contribution in [0.5, 0.6) is 0 Å². The van der Waals surface area contributed by atoms with Gasteiger partial charge in [0.05, 0.1) is 5.69 Å². The maximum Gasteiger partial charge on any atom is 0.0656 e. The fourth-order valence-electron chi connectivity index (χ4n) is 2.91. The lowest BCUT2D eigenvalue weighted by Gasteiger charge is -2.20. The van der Waals surface area contributed by atoms with E-state index in [0.29, 0.717) is 5.92 Å². The largest absolute Gasteiger partial charge is 0.317 e. The SMILES string of the molecule is CCc1ccc(Cc2cc(C3CCNCC3)n[nH]2)cc1. The third-order valence-corrected chi connectivity index (χ3v) is 4.23. The van der Waals surface area contributed by atoms with Gasteiger partial charge in [0.2, 0.25) is 0 Å². The second kappa shape index (κ2) is 6.23. The summed E-state index contributed by atoms with van der Waals surface area (Å²) in [6.07, 6.45) is 4.46. The second-order valence-electron chi connectivity index (χ2n) is 5.69. The van der Waals surface area contributed by atoms with Crippen molar-refractivity contribution in [1.29, 1.82) is 0 Å². The minimum Gasteiger partial charge on any atom is -0.317 e. The van der Waals surface area contributed by atoms with Crippen LogP contribution < -0.4 is 5.32 Å². The number of aryl methyl sites for hydroxylation is 1. The first-order valence-corrected chi connectivity index (χ1v) is 7.68. The molecule has 1 saturated heterocycles. The van der Waals surface area contributed by atoms with Crippen LogP contribution in [-0.4, -0.2) is 23.3 Å². The van der Waals surface area contributed by atoms with Crippen LogP contribution in [0.25, 0.3) is 0 Å². The molecule has 106 valence electrons. The van der Waals surface area contributed by atoms with Crippen molar-refractivity contribution in [3.05, 3.63) is 52.8 Å². The van der Waals surface area contributed by atoms with E-state index in [2.05, 4.69) is 52.8 Å². The number of rotatable bonds is 4. The molecule has 20 heavy (non-hydrogen) atoms. The van der Waals surface area contributed by atoms with Gasteiger partial charge < -0.3 is 5.32 Å².